The predicted molar refractivity (Wildman–Crippen MR) is 68.7 cm³/mol. The zero-order chi connectivity index (χ0) is 11.3. The van der Waals surface area contributed by atoms with Crippen LogP contribution < -0.4 is 5.32 Å². The molecule has 0 bridgehead atoms. The van der Waals surface area contributed by atoms with Crippen molar-refractivity contribution in [1.29, 1.82) is 0 Å². The quantitative estimate of drug-likeness (QED) is 0.823. The highest BCUT2D eigenvalue weighted by molar-refractivity contribution is 9.10. The Morgan fingerprint density at radius 2 is 2.27 bits per heavy atom. The summed E-state index contributed by atoms with van der Waals surface area (Å²) in [6, 6.07) is 6.24. The molecule has 1 nitrogen and oxygen atoms in total. The third-order valence-electron chi connectivity index (χ3n) is 2.23. The van der Waals surface area contributed by atoms with Crippen LogP contribution in [-0.2, 0) is 0 Å². The SMILES string of the molecule is C#CC(NCCC)c1cc(C)ccc1Br. The Bertz CT molecular complexity index is 365. The lowest BCUT2D eigenvalue weighted by molar-refractivity contribution is 0.624. The van der Waals surface area contributed by atoms with E-state index in [1.807, 2.05) is 6.07 Å². The lowest BCUT2D eigenvalue weighted by Gasteiger charge is -2.15. The van der Waals surface area contributed by atoms with E-state index in [0.29, 0.717) is 0 Å². The van der Waals surface area contributed by atoms with E-state index in [2.05, 4.69) is 53.1 Å². The van der Waals surface area contributed by atoms with Gasteiger partial charge in [-0.05, 0) is 31.5 Å². The molecule has 0 heterocycles. The van der Waals surface area contributed by atoms with E-state index >= 15 is 0 Å². The summed E-state index contributed by atoms with van der Waals surface area (Å²) >= 11 is 3.53. The van der Waals surface area contributed by atoms with Crippen LogP contribution in [0.3, 0.4) is 0 Å². The van der Waals surface area contributed by atoms with Crippen molar-refractivity contribution >= 4 is 15.9 Å². The number of hydrogen-bond donors (Lipinski definition) is 1. The first-order chi connectivity index (χ1) is 7.19. The highest BCUT2D eigenvalue weighted by atomic mass is 79.9. The van der Waals surface area contributed by atoms with Crippen LogP contribution in [0.5, 0.6) is 0 Å². The average Bonchev–Trinajstić information content (AvgIpc) is 2.24. The summed E-state index contributed by atoms with van der Waals surface area (Å²) in [6.07, 6.45) is 6.62. The summed E-state index contributed by atoms with van der Waals surface area (Å²) in [5, 5.41) is 3.34. The van der Waals surface area contributed by atoms with Gasteiger partial charge in [0.15, 0.2) is 0 Å². The molecular weight excluding hydrogens is 250 g/mol. The van der Waals surface area contributed by atoms with Gasteiger partial charge in [-0.25, -0.2) is 0 Å². The maximum absolute atomic E-state index is 5.53. The Labute approximate surface area is 100 Å². The van der Waals surface area contributed by atoms with E-state index in [1.54, 1.807) is 0 Å². The van der Waals surface area contributed by atoms with Crippen molar-refractivity contribution in [1.82, 2.24) is 5.32 Å². The summed E-state index contributed by atoms with van der Waals surface area (Å²) in [7, 11) is 0. The van der Waals surface area contributed by atoms with E-state index in [1.165, 1.54) is 5.56 Å². The number of halogens is 1. The van der Waals surface area contributed by atoms with Crippen LogP contribution in [0.25, 0.3) is 0 Å². The van der Waals surface area contributed by atoms with Crippen LogP contribution in [0.2, 0.25) is 0 Å². The number of nitrogens with one attached hydrogen (secondary N) is 1. The molecule has 80 valence electrons. The van der Waals surface area contributed by atoms with Gasteiger partial charge in [0.1, 0.15) is 0 Å². The molecular formula is C13H16BrN. The fourth-order valence-electron chi connectivity index (χ4n) is 1.43. The van der Waals surface area contributed by atoms with E-state index in [4.69, 9.17) is 6.42 Å². The molecule has 2 heteroatoms. The molecule has 0 radical (unpaired) electrons. The zero-order valence-electron chi connectivity index (χ0n) is 9.18. The Hall–Kier alpha value is -0.780. The van der Waals surface area contributed by atoms with Gasteiger partial charge >= 0.3 is 0 Å². The maximum Gasteiger partial charge on any atom is 0.0954 e. The summed E-state index contributed by atoms with van der Waals surface area (Å²) in [5.74, 6) is 2.78. The first-order valence-corrected chi connectivity index (χ1v) is 5.94. The third kappa shape index (κ3) is 3.37. The van der Waals surface area contributed by atoms with E-state index in [-0.39, 0.29) is 6.04 Å². The standard InChI is InChI=1S/C13H16BrN/c1-4-8-15-13(5-2)11-9-10(3)6-7-12(11)14/h2,6-7,9,13,15H,4,8H2,1,3H3. The lowest BCUT2D eigenvalue weighted by Crippen LogP contribution is -2.21. The second-order valence-corrected chi connectivity index (χ2v) is 4.43. The van der Waals surface area contributed by atoms with Gasteiger partial charge in [0.2, 0.25) is 0 Å². The van der Waals surface area contributed by atoms with Crippen molar-refractivity contribution in [2.75, 3.05) is 6.54 Å². The fraction of sp³-hybridized carbons (Fsp3) is 0.385. The summed E-state index contributed by atoms with van der Waals surface area (Å²) in [5.41, 5.74) is 2.37. The molecule has 15 heavy (non-hydrogen) atoms. The van der Waals surface area contributed by atoms with Gasteiger partial charge in [0, 0.05) is 4.47 Å². The van der Waals surface area contributed by atoms with Crippen molar-refractivity contribution in [3.8, 4) is 12.3 Å². The van der Waals surface area contributed by atoms with Crippen LogP contribution >= 0.6 is 15.9 Å². The van der Waals surface area contributed by atoms with Gasteiger partial charge in [-0.2, -0.15) is 0 Å². The van der Waals surface area contributed by atoms with Crippen molar-refractivity contribution < 1.29 is 0 Å². The largest absolute Gasteiger partial charge is 0.300 e. The van der Waals surface area contributed by atoms with Crippen molar-refractivity contribution in [3.05, 3.63) is 33.8 Å². The molecule has 1 aromatic carbocycles. The molecule has 0 amide bonds. The second-order valence-electron chi connectivity index (χ2n) is 3.58. The molecule has 0 aliphatic rings. The van der Waals surface area contributed by atoms with E-state index in [0.717, 1.165) is 23.0 Å². The molecule has 1 aromatic rings. The van der Waals surface area contributed by atoms with E-state index in [9.17, 15) is 0 Å². The minimum absolute atomic E-state index is 0.000718. The van der Waals surface area contributed by atoms with Crippen molar-refractivity contribution in [2.24, 2.45) is 0 Å². The van der Waals surface area contributed by atoms with Crippen LogP contribution in [0.15, 0.2) is 22.7 Å². The highest BCUT2D eigenvalue weighted by Gasteiger charge is 2.10. The fourth-order valence-corrected chi connectivity index (χ4v) is 1.91. The summed E-state index contributed by atoms with van der Waals surface area (Å²) in [4.78, 5) is 0. The Kier molecular flexibility index (Phi) is 4.87. The maximum atomic E-state index is 5.53. The monoisotopic (exact) mass is 265 g/mol. The first-order valence-electron chi connectivity index (χ1n) is 5.14. The average molecular weight is 266 g/mol. The Morgan fingerprint density at radius 3 is 2.87 bits per heavy atom. The van der Waals surface area contributed by atoms with Gasteiger partial charge in [-0.15, -0.1) is 6.42 Å². The highest BCUT2D eigenvalue weighted by Crippen LogP contribution is 2.24. The lowest BCUT2D eigenvalue weighted by atomic mass is 10.0. The van der Waals surface area contributed by atoms with Gasteiger partial charge in [0.05, 0.1) is 6.04 Å². The molecule has 1 rings (SSSR count). The predicted octanol–water partition coefficient (Wildman–Crippen LogP) is 3.43. The number of rotatable bonds is 4. The van der Waals surface area contributed by atoms with Crippen LogP contribution in [0.1, 0.15) is 30.5 Å². The van der Waals surface area contributed by atoms with E-state index < -0.39 is 0 Å². The molecule has 1 unspecified atom stereocenters. The number of benzene rings is 1. The molecule has 0 saturated carbocycles. The molecule has 0 spiro atoms. The number of terminal acetylenes is 1. The van der Waals surface area contributed by atoms with Gasteiger partial charge < -0.3 is 0 Å². The second kappa shape index (κ2) is 5.95. The van der Waals surface area contributed by atoms with Crippen molar-refractivity contribution in [2.45, 2.75) is 26.3 Å². The molecule has 0 aliphatic heterocycles. The van der Waals surface area contributed by atoms with Crippen LogP contribution in [0.4, 0.5) is 0 Å². The molecule has 1 atom stereocenters. The summed E-state index contributed by atoms with van der Waals surface area (Å²) in [6.45, 7) is 5.14. The molecule has 0 saturated heterocycles. The van der Waals surface area contributed by atoms with Gasteiger partial charge in [0.25, 0.3) is 0 Å². The van der Waals surface area contributed by atoms with Crippen LogP contribution in [-0.4, -0.2) is 6.54 Å². The van der Waals surface area contributed by atoms with Gasteiger partial charge in [-0.3, -0.25) is 5.32 Å². The number of aryl methyl sites for hydroxylation is 1. The summed E-state index contributed by atoms with van der Waals surface area (Å²) < 4.78 is 1.07. The smallest absolute Gasteiger partial charge is 0.0954 e. The normalized spacial score (nSPS) is 12.1. The van der Waals surface area contributed by atoms with Crippen LogP contribution in [0, 0.1) is 19.3 Å². The molecule has 0 fully saturated rings. The first kappa shape index (κ1) is 12.3. The Balaban J connectivity index is 2.91. The topological polar surface area (TPSA) is 12.0 Å². The van der Waals surface area contributed by atoms with Gasteiger partial charge in [-0.1, -0.05) is 46.5 Å². The number of hydrogen-bond acceptors (Lipinski definition) is 1. The minimum Gasteiger partial charge on any atom is -0.300 e. The molecule has 1 N–H and O–H groups in total. The Morgan fingerprint density at radius 1 is 1.53 bits per heavy atom. The minimum atomic E-state index is -0.000718. The molecule has 0 aliphatic carbocycles. The third-order valence-corrected chi connectivity index (χ3v) is 2.95. The molecule has 0 aromatic heterocycles. The van der Waals surface area contributed by atoms with Crippen molar-refractivity contribution in [3.63, 3.8) is 0 Å². The zero-order valence-corrected chi connectivity index (χ0v) is 10.8.